The van der Waals surface area contributed by atoms with E-state index in [0.717, 1.165) is 23.7 Å². The molecule has 1 fully saturated rings. The summed E-state index contributed by atoms with van der Waals surface area (Å²) >= 11 is 0. The lowest BCUT2D eigenvalue weighted by molar-refractivity contribution is -0.127. The fourth-order valence-electron chi connectivity index (χ4n) is 3.85. The van der Waals surface area contributed by atoms with Gasteiger partial charge in [-0.15, -0.1) is 0 Å². The quantitative estimate of drug-likeness (QED) is 0.369. The molecule has 2 aromatic carbocycles. The molecular weight excluding hydrogens is 384 g/mol. The molecule has 7 nitrogen and oxygen atoms in total. The van der Waals surface area contributed by atoms with Gasteiger partial charge in [-0.1, -0.05) is 18.2 Å². The van der Waals surface area contributed by atoms with Crippen LogP contribution in [0.15, 0.2) is 45.6 Å². The maximum Gasteiger partial charge on any atom is 0.344 e. The number of aryl methyl sites for hydroxylation is 1. The van der Waals surface area contributed by atoms with Crippen molar-refractivity contribution in [2.24, 2.45) is 0 Å². The van der Waals surface area contributed by atoms with Crippen molar-refractivity contribution in [2.75, 3.05) is 26.2 Å². The van der Waals surface area contributed by atoms with Crippen LogP contribution in [0.2, 0.25) is 0 Å². The van der Waals surface area contributed by atoms with Gasteiger partial charge in [-0.05, 0) is 43.4 Å². The summed E-state index contributed by atoms with van der Waals surface area (Å²) in [5.74, 6) is 0.455. The lowest BCUT2D eigenvalue weighted by atomic mass is 10.0. The fourth-order valence-corrected chi connectivity index (χ4v) is 3.85. The summed E-state index contributed by atoms with van der Waals surface area (Å²) in [5.41, 5.74) is 0.746. The summed E-state index contributed by atoms with van der Waals surface area (Å²) in [6, 6.07) is 10.9. The van der Waals surface area contributed by atoms with Crippen LogP contribution < -0.4 is 15.7 Å². The van der Waals surface area contributed by atoms with Crippen LogP contribution in [0, 0.1) is 6.92 Å². The average Bonchev–Trinajstić information content (AvgIpc) is 3.16. The van der Waals surface area contributed by atoms with Gasteiger partial charge in [0.1, 0.15) is 11.3 Å². The first kappa shape index (κ1) is 19.9. The Morgan fingerprint density at radius 3 is 2.70 bits per heavy atom. The summed E-state index contributed by atoms with van der Waals surface area (Å²) in [4.78, 5) is 37.8. The van der Waals surface area contributed by atoms with Crippen molar-refractivity contribution in [3.05, 3.63) is 52.4 Å². The number of amides is 2. The summed E-state index contributed by atoms with van der Waals surface area (Å²) in [6.45, 7) is 3.63. The SMILES string of the molecule is Cc1c(OCC(=O)NCCCN2CCCC2=O)ccc2c1oc(=O)c1ccccc12. The number of fused-ring (bicyclic) bond motifs is 3. The Morgan fingerprint density at radius 2 is 1.93 bits per heavy atom. The van der Waals surface area contributed by atoms with Gasteiger partial charge in [0.25, 0.3) is 5.91 Å². The summed E-state index contributed by atoms with van der Waals surface area (Å²) in [6.07, 6.45) is 2.26. The number of ether oxygens (including phenoxy) is 1. The van der Waals surface area contributed by atoms with E-state index in [1.807, 2.05) is 23.1 Å². The molecular formula is C23H24N2O5. The molecule has 3 aromatic rings. The number of hydrogen-bond donors (Lipinski definition) is 1. The predicted molar refractivity (Wildman–Crippen MR) is 114 cm³/mol. The third kappa shape index (κ3) is 4.01. The van der Waals surface area contributed by atoms with Crippen LogP contribution in [-0.4, -0.2) is 43.0 Å². The van der Waals surface area contributed by atoms with Crippen molar-refractivity contribution < 1.29 is 18.7 Å². The number of carbonyl (C=O) groups is 2. The average molecular weight is 408 g/mol. The van der Waals surface area contributed by atoms with E-state index >= 15 is 0 Å². The summed E-state index contributed by atoms with van der Waals surface area (Å²) in [7, 11) is 0. The molecule has 1 aliphatic rings. The molecule has 0 unspecified atom stereocenters. The Labute approximate surface area is 173 Å². The minimum absolute atomic E-state index is 0.132. The number of rotatable bonds is 7. The van der Waals surface area contributed by atoms with Gasteiger partial charge in [-0.3, -0.25) is 9.59 Å². The molecule has 156 valence electrons. The highest BCUT2D eigenvalue weighted by atomic mass is 16.5. The Bertz CT molecular complexity index is 1170. The van der Waals surface area contributed by atoms with Gasteiger partial charge in [0.05, 0.1) is 5.39 Å². The Morgan fingerprint density at radius 1 is 1.13 bits per heavy atom. The molecule has 0 saturated carbocycles. The molecule has 0 bridgehead atoms. The van der Waals surface area contributed by atoms with Gasteiger partial charge >= 0.3 is 5.63 Å². The lowest BCUT2D eigenvalue weighted by Gasteiger charge is -2.15. The molecule has 0 spiro atoms. The van der Waals surface area contributed by atoms with Crippen LogP contribution in [0.4, 0.5) is 0 Å². The molecule has 2 heterocycles. The Balaban J connectivity index is 1.37. The van der Waals surface area contributed by atoms with E-state index in [-0.39, 0.29) is 18.4 Å². The first-order valence-corrected chi connectivity index (χ1v) is 10.2. The van der Waals surface area contributed by atoms with Crippen LogP contribution in [0.1, 0.15) is 24.8 Å². The van der Waals surface area contributed by atoms with Crippen molar-refractivity contribution in [2.45, 2.75) is 26.2 Å². The second-order valence-corrected chi connectivity index (χ2v) is 7.48. The number of nitrogens with one attached hydrogen (secondary N) is 1. The zero-order valence-electron chi connectivity index (χ0n) is 16.9. The van der Waals surface area contributed by atoms with Gasteiger partial charge in [0, 0.05) is 37.0 Å². The first-order chi connectivity index (χ1) is 14.5. The van der Waals surface area contributed by atoms with Gasteiger partial charge in [0.2, 0.25) is 5.91 Å². The predicted octanol–water partition coefficient (Wildman–Crippen LogP) is 2.76. The highest BCUT2D eigenvalue weighted by molar-refractivity contribution is 6.05. The normalized spacial score (nSPS) is 13.9. The van der Waals surface area contributed by atoms with Crippen LogP contribution in [0.5, 0.6) is 5.75 Å². The molecule has 0 radical (unpaired) electrons. The van der Waals surface area contributed by atoms with Crippen LogP contribution >= 0.6 is 0 Å². The van der Waals surface area contributed by atoms with Crippen LogP contribution in [-0.2, 0) is 9.59 Å². The molecule has 1 N–H and O–H groups in total. The van der Waals surface area contributed by atoms with Crippen molar-refractivity contribution in [1.29, 1.82) is 0 Å². The monoisotopic (exact) mass is 408 g/mol. The Hall–Kier alpha value is -3.35. The minimum atomic E-state index is -0.396. The van der Waals surface area contributed by atoms with E-state index in [4.69, 9.17) is 9.15 Å². The molecule has 7 heteroatoms. The highest BCUT2D eigenvalue weighted by Crippen LogP contribution is 2.30. The van der Waals surface area contributed by atoms with Gasteiger partial charge < -0.3 is 19.4 Å². The van der Waals surface area contributed by atoms with E-state index in [1.54, 1.807) is 25.1 Å². The third-order valence-corrected chi connectivity index (χ3v) is 5.45. The summed E-state index contributed by atoms with van der Waals surface area (Å²) in [5, 5.41) is 5.00. The molecule has 1 aliphatic heterocycles. The van der Waals surface area contributed by atoms with E-state index in [0.29, 0.717) is 48.2 Å². The molecule has 2 amide bonds. The number of carbonyl (C=O) groups excluding carboxylic acids is 2. The van der Waals surface area contributed by atoms with E-state index in [2.05, 4.69) is 5.32 Å². The van der Waals surface area contributed by atoms with Crippen LogP contribution in [0.3, 0.4) is 0 Å². The molecule has 0 atom stereocenters. The molecule has 4 rings (SSSR count). The molecule has 1 saturated heterocycles. The van der Waals surface area contributed by atoms with Gasteiger partial charge in [-0.25, -0.2) is 4.79 Å². The second kappa shape index (κ2) is 8.57. The maximum atomic E-state index is 12.3. The molecule has 30 heavy (non-hydrogen) atoms. The summed E-state index contributed by atoms with van der Waals surface area (Å²) < 4.78 is 11.2. The number of likely N-dealkylation sites (tertiary alicyclic amines) is 1. The third-order valence-electron chi connectivity index (χ3n) is 5.45. The van der Waals surface area contributed by atoms with E-state index in [1.165, 1.54) is 0 Å². The topological polar surface area (TPSA) is 88.8 Å². The van der Waals surface area contributed by atoms with Crippen molar-refractivity contribution in [3.8, 4) is 5.75 Å². The smallest absolute Gasteiger partial charge is 0.344 e. The standard InChI is InChI=1S/C23H24N2O5/c1-15-19(29-14-20(26)24-11-5-13-25-12-4-8-21(25)27)10-9-17-16-6-2-3-7-18(16)23(28)30-22(15)17/h2-3,6-7,9-10H,4-5,8,11-14H2,1H3,(H,24,26). The lowest BCUT2D eigenvalue weighted by Crippen LogP contribution is -2.33. The second-order valence-electron chi connectivity index (χ2n) is 7.48. The molecule has 0 aliphatic carbocycles. The van der Waals surface area contributed by atoms with Gasteiger partial charge in [0.15, 0.2) is 6.61 Å². The fraction of sp³-hybridized carbons (Fsp3) is 0.348. The molecule has 1 aromatic heterocycles. The highest BCUT2D eigenvalue weighted by Gasteiger charge is 2.19. The Kier molecular flexibility index (Phi) is 5.70. The van der Waals surface area contributed by atoms with Crippen molar-refractivity contribution in [3.63, 3.8) is 0 Å². The van der Waals surface area contributed by atoms with Crippen LogP contribution in [0.25, 0.3) is 21.7 Å². The first-order valence-electron chi connectivity index (χ1n) is 10.2. The van der Waals surface area contributed by atoms with Crippen molar-refractivity contribution >= 4 is 33.6 Å². The maximum absolute atomic E-state index is 12.3. The van der Waals surface area contributed by atoms with E-state index < -0.39 is 5.63 Å². The van der Waals surface area contributed by atoms with E-state index in [9.17, 15) is 14.4 Å². The minimum Gasteiger partial charge on any atom is -0.483 e. The largest absolute Gasteiger partial charge is 0.483 e. The van der Waals surface area contributed by atoms with Crippen molar-refractivity contribution in [1.82, 2.24) is 10.2 Å². The number of nitrogens with zero attached hydrogens (tertiary/aromatic N) is 1. The zero-order chi connectivity index (χ0) is 21.1. The number of benzene rings is 2. The number of hydrogen-bond acceptors (Lipinski definition) is 5. The van der Waals surface area contributed by atoms with Gasteiger partial charge in [-0.2, -0.15) is 0 Å². The zero-order valence-corrected chi connectivity index (χ0v) is 16.9.